The first-order valence-electron chi connectivity index (χ1n) is 7.30. The molecule has 0 radical (unpaired) electrons. The Morgan fingerprint density at radius 1 is 1.09 bits per heavy atom. The molecule has 0 aromatic heterocycles. The number of nitrogens with one attached hydrogen (secondary N) is 2. The average Bonchev–Trinajstić information content (AvgIpc) is 3.20. The van der Waals surface area contributed by atoms with Gasteiger partial charge in [-0.15, -0.1) is 0 Å². The van der Waals surface area contributed by atoms with E-state index < -0.39 is 17.8 Å². The molecule has 22 heavy (non-hydrogen) atoms. The first kappa shape index (κ1) is 16.0. The fourth-order valence-electron chi connectivity index (χ4n) is 2.21. The maximum Gasteiger partial charge on any atom is 0.307 e. The van der Waals surface area contributed by atoms with E-state index in [1.54, 1.807) is 24.3 Å². The Bertz CT molecular complexity index is 580. The number of carbonyl (C=O) groups is 3. The van der Waals surface area contributed by atoms with E-state index >= 15 is 0 Å². The van der Waals surface area contributed by atoms with E-state index in [0.717, 1.165) is 0 Å². The quantitative estimate of drug-likeness (QED) is 0.751. The molecule has 1 saturated carbocycles. The number of aliphatic carboxylic acids is 1. The summed E-state index contributed by atoms with van der Waals surface area (Å²) in [6.07, 6.45) is 0.848. The van der Waals surface area contributed by atoms with Crippen LogP contribution in [0.5, 0.6) is 0 Å². The molecule has 0 bridgehead atoms. The topological polar surface area (TPSA) is 95.5 Å². The maximum absolute atomic E-state index is 11.8. The first-order chi connectivity index (χ1) is 10.4. The SMILES string of the molecule is CC(C)CC(=O)Nc1ccc(NC(=O)C2CC2C(=O)O)cc1. The number of carbonyl (C=O) groups excluding carboxylic acids is 2. The van der Waals surface area contributed by atoms with E-state index in [1.807, 2.05) is 13.8 Å². The second kappa shape index (κ2) is 6.60. The van der Waals surface area contributed by atoms with Crippen LogP contribution in [-0.4, -0.2) is 22.9 Å². The molecule has 1 aromatic carbocycles. The van der Waals surface area contributed by atoms with Crippen molar-refractivity contribution in [3.63, 3.8) is 0 Å². The summed E-state index contributed by atoms with van der Waals surface area (Å²) in [5.41, 5.74) is 1.25. The van der Waals surface area contributed by atoms with E-state index in [2.05, 4.69) is 10.6 Å². The molecule has 0 heterocycles. The molecular weight excluding hydrogens is 284 g/mol. The maximum atomic E-state index is 11.8. The fourth-order valence-corrected chi connectivity index (χ4v) is 2.21. The van der Waals surface area contributed by atoms with Crippen molar-refractivity contribution >= 4 is 29.2 Å². The van der Waals surface area contributed by atoms with E-state index in [9.17, 15) is 14.4 Å². The summed E-state index contributed by atoms with van der Waals surface area (Å²) in [6, 6.07) is 6.77. The minimum Gasteiger partial charge on any atom is -0.481 e. The molecular formula is C16H20N2O4. The van der Waals surface area contributed by atoms with Gasteiger partial charge in [0.15, 0.2) is 0 Å². The van der Waals surface area contributed by atoms with Crippen molar-refractivity contribution in [1.29, 1.82) is 0 Å². The van der Waals surface area contributed by atoms with Gasteiger partial charge in [0.1, 0.15) is 0 Å². The highest BCUT2D eigenvalue weighted by Crippen LogP contribution is 2.39. The molecule has 3 N–H and O–H groups in total. The van der Waals surface area contributed by atoms with Crippen molar-refractivity contribution in [1.82, 2.24) is 0 Å². The lowest BCUT2D eigenvalue weighted by Crippen LogP contribution is -2.17. The first-order valence-corrected chi connectivity index (χ1v) is 7.30. The highest BCUT2D eigenvalue weighted by Gasteiger charge is 2.48. The molecule has 1 fully saturated rings. The summed E-state index contributed by atoms with van der Waals surface area (Å²) in [7, 11) is 0. The molecule has 2 rings (SSSR count). The van der Waals surface area contributed by atoms with Gasteiger partial charge in [0.2, 0.25) is 11.8 Å². The summed E-state index contributed by atoms with van der Waals surface area (Å²) in [6.45, 7) is 3.95. The Hall–Kier alpha value is -2.37. The third-order valence-corrected chi connectivity index (χ3v) is 3.47. The van der Waals surface area contributed by atoms with Crippen molar-refractivity contribution in [2.45, 2.75) is 26.7 Å². The van der Waals surface area contributed by atoms with Crippen LogP contribution in [-0.2, 0) is 14.4 Å². The van der Waals surface area contributed by atoms with Gasteiger partial charge in [0.05, 0.1) is 11.8 Å². The molecule has 0 saturated heterocycles. The van der Waals surface area contributed by atoms with Gasteiger partial charge in [-0.05, 0) is 36.6 Å². The minimum atomic E-state index is -0.927. The molecule has 0 spiro atoms. The minimum absolute atomic E-state index is 0.0472. The highest BCUT2D eigenvalue weighted by molar-refractivity contribution is 5.98. The number of hydrogen-bond acceptors (Lipinski definition) is 3. The average molecular weight is 304 g/mol. The third kappa shape index (κ3) is 4.31. The molecule has 6 heteroatoms. The number of hydrogen-bond donors (Lipinski definition) is 3. The van der Waals surface area contributed by atoms with Gasteiger partial charge in [0.25, 0.3) is 0 Å². The van der Waals surface area contributed by atoms with Gasteiger partial charge < -0.3 is 15.7 Å². The Kier molecular flexibility index (Phi) is 4.80. The van der Waals surface area contributed by atoms with E-state index in [0.29, 0.717) is 30.1 Å². The van der Waals surface area contributed by atoms with Gasteiger partial charge in [0, 0.05) is 17.8 Å². The summed E-state index contributed by atoms with van der Waals surface area (Å²) in [4.78, 5) is 34.2. The van der Waals surface area contributed by atoms with Crippen LogP contribution in [0.3, 0.4) is 0 Å². The van der Waals surface area contributed by atoms with Crippen LogP contribution in [0.2, 0.25) is 0 Å². The monoisotopic (exact) mass is 304 g/mol. The number of carboxylic acids is 1. The van der Waals surface area contributed by atoms with Gasteiger partial charge in [-0.1, -0.05) is 13.8 Å². The lowest BCUT2D eigenvalue weighted by Gasteiger charge is -2.09. The molecule has 1 aromatic rings. The standard InChI is InChI=1S/C16H20N2O4/c1-9(2)7-14(19)17-10-3-5-11(6-4-10)18-15(20)12-8-13(12)16(21)22/h3-6,9,12-13H,7-8H2,1-2H3,(H,17,19)(H,18,20)(H,21,22). The van der Waals surface area contributed by atoms with Crippen LogP contribution in [0.4, 0.5) is 11.4 Å². The van der Waals surface area contributed by atoms with Gasteiger partial charge in [-0.2, -0.15) is 0 Å². The third-order valence-electron chi connectivity index (χ3n) is 3.47. The molecule has 2 atom stereocenters. The molecule has 1 aliphatic carbocycles. The van der Waals surface area contributed by atoms with Crippen molar-refractivity contribution in [2.24, 2.45) is 17.8 Å². The second-order valence-electron chi connectivity index (χ2n) is 6.00. The zero-order valence-corrected chi connectivity index (χ0v) is 12.6. The smallest absolute Gasteiger partial charge is 0.307 e. The molecule has 6 nitrogen and oxygen atoms in total. The number of rotatable bonds is 6. The van der Waals surface area contributed by atoms with Crippen molar-refractivity contribution < 1.29 is 19.5 Å². The number of amides is 2. The number of carboxylic acid groups (broad SMARTS) is 1. The Morgan fingerprint density at radius 3 is 2.09 bits per heavy atom. The van der Waals surface area contributed by atoms with E-state index in [4.69, 9.17) is 5.11 Å². The van der Waals surface area contributed by atoms with Gasteiger partial charge in [-0.3, -0.25) is 14.4 Å². The van der Waals surface area contributed by atoms with E-state index in [-0.39, 0.29) is 11.8 Å². The normalized spacial score (nSPS) is 19.6. The van der Waals surface area contributed by atoms with Crippen molar-refractivity contribution in [2.75, 3.05) is 10.6 Å². The Morgan fingerprint density at radius 2 is 1.64 bits per heavy atom. The van der Waals surface area contributed by atoms with Crippen LogP contribution in [0, 0.1) is 17.8 Å². The number of anilines is 2. The summed E-state index contributed by atoms with van der Waals surface area (Å²) in [5, 5.41) is 14.3. The lowest BCUT2D eigenvalue weighted by atomic mass is 10.1. The molecule has 2 unspecified atom stereocenters. The Labute approximate surface area is 128 Å². The predicted molar refractivity (Wildman–Crippen MR) is 82.4 cm³/mol. The number of benzene rings is 1. The summed E-state index contributed by atoms with van der Waals surface area (Å²) >= 11 is 0. The van der Waals surface area contributed by atoms with Crippen LogP contribution < -0.4 is 10.6 Å². The van der Waals surface area contributed by atoms with Crippen LogP contribution >= 0.6 is 0 Å². The molecule has 118 valence electrons. The molecule has 1 aliphatic rings. The zero-order valence-electron chi connectivity index (χ0n) is 12.6. The van der Waals surface area contributed by atoms with Crippen LogP contribution in [0.15, 0.2) is 24.3 Å². The molecule has 0 aliphatic heterocycles. The van der Waals surface area contributed by atoms with Crippen molar-refractivity contribution in [3.05, 3.63) is 24.3 Å². The van der Waals surface area contributed by atoms with Gasteiger partial charge >= 0.3 is 5.97 Å². The van der Waals surface area contributed by atoms with Crippen LogP contribution in [0.25, 0.3) is 0 Å². The van der Waals surface area contributed by atoms with Gasteiger partial charge in [-0.25, -0.2) is 0 Å². The zero-order chi connectivity index (χ0) is 16.3. The lowest BCUT2D eigenvalue weighted by molar-refractivity contribution is -0.139. The largest absolute Gasteiger partial charge is 0.481 e. The molecule has 2 amide bonds. The second-order valence-corrected chi connectivity index (χ2v) is 6.00. The summed E-state index contributed by atoms with van der Waals surface area (Å²) < 4.78 is 0. The summed E-state index contributed by atoms with van der Waals surface area (Å²) in [5.74, 6) is -1.96. The highest BCUT2D eigenvalue weighted by atomic mass is 16.4. The van der Waals surface area contributed by atoms with E-state index in [1.165, 1.54) is 0 Å². The van der Waals surface area contributed by atoms with Crippen LogP contribution in [0.1, 0.15) is 26.7 Å². The van der Waals surface area contributed by atoms with Crippen molar-refractivity contribution in [3.8, 4) is 0 Å². The Balaban J connectivity index is 1.86. The predicted octanol–water partition coefficient (Wildman–Crippen LogP) is 2.33. The fraction of sp³-hybridized carbons (Fsp3) is 0.438.